The van der Waals surface area contributed by atoms with Crippen molar-refractivity contribution < 1.29 is 9.53 Å². The molecule has 2 atom stereocenters. The van der Waals surface area contributed by atoms with E-state index in [4.69, 9.17) is 4.74 Å². The smallest absolute Gasteiger partial charge is 0.352 e. The minimum absolute atomic E-state index is 0.0135. The van der Waals surface area contributed by atoms with Crippen molar-refractivity contribution >= 4 is 27.6 Å². The summed E-state index contributed by atoms with van der Waals surface area (Å²) >= 11 is 3.73. The Morgan fingerprint density at radius 2 is 2.38 bits per heavy atom. The molecule has 2 rings (SSSR count). The summed E-state index contributed by atoms with van der Waals surface area (Å²) in [7, 11) is 0. The topological polar surface area (TPSA) is 38.7 Å². The molecule has 2 aliphatic rings. The van der Waals surface area contributed by atoms with Gasteiger partial charge in [-0.15, -0.1) is 0 Å². The number of alkyl halides is 1. The lowest BCUT2D eigenvalue weighted by molar-refractivity contribution is -0.135. The Hall–Kier alpha value is -0.380. The van der Waals surface area contributed by atoms with Crippen molar-refractivity contribution in [1.82, 2.24) is 0 Å². The number of aliphatic imine (C=N–C) groups is 1. The van der Waals surface area contributed by atoms with Crippen LogP contribution in [0.25, 0.3) is 0 Å². The second-order valence-electron chi connectivity index (χ2n) is 4.60. The zero-order valence-corrected chi connectivity index (χ0v) is 11.3. The van der Waals surface area contributed by atoms with E-state index < -0.39 is 0 Å². The minimum atomic E-state index is -0.218. The highest BCUT2D eigenvalue weighted by molar-refractivity contribution is 9.09. The van der Waals surface area contributed by atoms with Crippen LogP contribution in [-0.2, 0) is 9.53 Å². The number of ether oxygens (including phenoxy) is 1. The molecule has 0 aromatic rings. The first-order valence-corrected chi connectivity index (χ1v) is 6.99. The molecule has 0 aromatic carbocycles. The van der Waals surface area contributed by atoms with Gasteiger partial charge < -0.3 is 4.74 Å². The Morgan fingerprint density at radius 1 is 1.56 bits per heavy atom. The van der Waals surface area contributed by atoms with Gasteiger partial charge in [-0.3, -0.25) is 4.99 Å². The Morgan fingerprint density at radius 3 is 3.06 bits per heavy atom. The van der Waals surface area contributed by atoms with Crippen LogP contribution in [0.5, 0.6) is 0 Å². The maximum atomic E-state index is 11.6. The van der Waals surface area contributed by atoms with Gasteiger partial charge in [0.2, 0.25) is 0 Å². The number of halogens is 1. The fourth-order valence-corrected chi connectivity index (χ4v) is 3.55. The second-order valence-corrected chi connectivity index (χ2v) is 5.70. The highest BCUT2D eigenvalue weighted by atomic mass is 79.9. The van der Waals surface area contributed by atoms with E-state index in [0.717, 1.165) is 19.3 Å². The van der Waals surface area contributed by atoms with Crippen LogP contribution in [0.2, 0.25) is 0 Å². The Kier molecular flexibility index (Phi) is 3.67. The monoisotopic (exact) mass is 287 g/mol. The molecular weight excluding hydrogens is 270 g/mol. The molecule has 0 bridgehead atoms. The van der Waals surface area contributed by atoms with Crippen molar-refractivity contribution in [2.45, 2.75) is 55.8 Å². The number of rotatable bonds is 2. The maximum Gasteiger partial charge on any atom is 0.352 e. The molecule has 1 aliphatic carbocycles. The van der Waals surface area contributed by atoms with Crippen LogP contribution in [0.4, 0.5) is 0 Å². The van der Waals surface area contributed by atoms with Crippen LogP contribution in [0, 0.1) is 0 Å². The van der Waals surface area contributed by atoms with E-state index in [2.05, 4.69) is 20.9 Å². The third-order valence-corrected chi connectivity index (χ3v) is 4.87. The number of hydrogen-bond donors (Lipinski definition) is 0. The maximum absolute atomic E-state index is 11.6. The summed E-state index contributed by atoms with van der Waals surface area (Å²) in [5.41, 5.74) is 0.633. The predicted octanol–water partition coefficient (Wildman–Crippen LogP) is 2.86. The van der Waals surface area contributed by atoms with Crippen molar-refractivity contribution in [3.63, 3.8) is 0 Å². The molecule has 0 saturated heterocycles. The zero-order valence-electron chi connectivity index (χ0n) is 9.67. The first kappa shape index (κ1) is 12.1. The first-order chi connectivity index (χ1) is 7.68. The Balaban J connectivity index is 2.11. The lowest BCUT2D eigenvalue weighted by atomic mass is 9.80. The highest BCUT2D eigenvalue weighted by Gasteiger charge is 2.43. The van der Waals surface area contributed by atoms with Crippen molar-refractivity contribution in [2.24, 2.45) is 4.99 Å². The molecule has 3 nitrogen and oxygen atoms in total. The van der Waals surface area contributed by atoms with Crippen molar-refractivity contribution in [1.29, 1.82) is 0 Å². The van der Waals surface area contributed by atoms with Gasteiger partial charge in [-0.25, -0.2) is 4.79 Å². The number of esters is 1. The van der Waals surface area contributed by atoms with E-state index >= 15 is 0 Å². The first-order valence-electron chi connectivity index (χ1n) is 6.08. The third kappa shape index (κ3) is 2.17. The van der Waals surface area contributed by atoms with E-state index in [1.54, 1.807) is 0 Å². The molecule has 4 heteroatoms. The summed E-state index contributed by atoms with van der Waals surface area (Å²) < 4.78 is 5.01. The largest absolute Gasteiger partial charge is 0.462 e. The zero-order chi connectivity index (χ0) is 11.6. The number of nitrogens with zero attached hydrogens (tertiary/aromatic N) is 1. The molecule has 16 heavy (non-hydrogen) atoms. The number of carbonyl (C=O) groups is 1. The van der Waals surface area contributed by atoms with Gasteiger partial charge in [-0.05, 0) is 32.6 Å². The van der Waals surface area contributed by atoms with Crippen LogP contribution < -0.4 is 0 Å². The second kappa shape index (κ2) is 4.86. The fourth-order valence-electron chi connectivity index (χ4n) is 2.67. The highest BCUT2D eigenvalue weighted by Crippen LogP contribution is 2.43. The van der Waals surface area contributed by atoms with Gasteiger partial charge in [-0.2, -0.15) is 0 Å². The van der Waals surface area contributed by atoms with Crippen molar-refractivity contribution in [3.8, 4) is 0 Å². The van der Waals surface area contributed by atoms with Gasteiger partial charge >= 0.3 is 5.97 Å². The molecule has 1 fully saturated rings. The summed E-state index contributed by atoms with van der Waals surface area (Å²) in [6.07, 6.45) is 6.53. The van der Waals surface area contributed by atoms with E-state index in [9.17, 15) is 4.79 Å². The van der Waals surface area contributed by atoms with Crippen LogP contribution >= 0.6 is 15.9 Å². The summed E-state index contributed by atoms with van der Waals surface area (Å²) in [5.74, 6) is -0.218. The van der Waals surface area contributed by atoms with Crippen LogP contribution in [0.1, 0.15) is 45.4 Å². The third-order valence-electron chi connectivity index (χ3n) is 3.56. The number of carbonyl (C=O) groups excluding carboxylic acids is 1. The average molecular weight is 288 g/mol. The van der Waals surface area contributed by atoms with E-state index in [0.29, 0.717) is 17.1 Å². The summed E-state index contributed by atoms with van der Waals surface area (Å²) in [6.45, 7) is 2.26. The molecular formula is C12H18BrNO2. The van der Waals surface area contributed by atoms with Crippen LogP contribution in [0.3, 0.4) is 0 Å². The SMILES string of the molecule is CCOC(=O)C1=N[C@@]2(CCCCC2Br)CC1. The summed E-state index contributed by atoms with van der Waals surface area (Å²) in [4.78, 5) is 16.7. The molecule has 0 N–H and O–H groups in total. The summed E-state index contributed by atoms with van der Waals surface area (Å²) in [6, 6.07) is 0. The van der Waals surface area contributed by atoms with Crippen molar-refractivity contribution in [3.05, 3.63) is 0 Å². The van der Waals surface area contributed by atoms with Crippen LogP contribution in [0.15, 0.2) is 4.99 Å². The molecule has 0 radical (unpaired) electrons. The molecule has 0 amide bonds. The van der Waals surface area contributed by atoms with Gasteiger partial charge in [-0.1, -0.05) is 28.8 Å². The standard InChI is InChI=1S/C12H18BrNO2/c1-2-16-11(15)9-6-8-12(14-9)7-4-3-5-10(12)13/h10H,2-8H2,1H3/t10?,12-/m0/s1. The quantitative estimate of drug-likeness (QED) is 0.579. The van der Waals surface area contributed by atoms with Gasteiger partial charge in [0.1, 0.15) is 5.71 Å². The molecule has 1 unspecified atom stereocenters. The molecule has 0 aromatic heterocycles. The Labute approximate surface area is 105 Å². The fraction of sp³-hybridized carbons (Fsp3) is 0.833. The molecule has 1 spiro atoms. The van der Waals surface area contributed by atoms with Crippen LogP contribution in [-0.4, -0.2) is 28.7 Å². The summed E-state index contributed by atoms with van der Waals surface area (Å²) in [5, 5.41) is 0. The van der Waals surface area contributed by atoms with Gasteiger partial charge in [0.15, 0.2) is 0 Å². The average Bonchev–Trinajstić information content (AvgIpc) is 2.69. The normalized spacial score (nSPS) is 33.9. The lowest BCUT2D eigenvalue weighted by Gasteiger charge is -2.35. The molecule has 1 aliphatic heterocycles. The molecule has 1 heterocycles. The van der Waals surface area contributed by atoms with E-state index in [-0.39, 0.29) is 11.5 Å². The molecule has 90 valence electrons. The number of hydrogen-bond acceptors (Lipinski definition) is 3. The van der Waals surface area contributed by atoms with E-state index in [1.165, 1.54) is 19.3 Å². The molecule has 1 saturated carbocycles. The van der Waals surface area contributed by atoms with E-state index in [1.807, 2.05) is 6.92 Å². The Bertz CT molecular complexity index is 316. The minimum Gasteiger partial charge on any atom is -0.462 e. The van der Waals surface area contributed by atoms with Gasteiger partial charge in [0.25, 0.3) is 0 Å². The van der Waals surface area contributed by atoms with Gasteiger partial charge in [0, 0.05) is 4.83 Å². The van der Waals surface area contributed by atoms with Gasteiger partial charge in [0.05, 0.1) is 12.1 Å². The predicted molar refractivity (Wildman–Crippen MR) is 67.2 cm³/mol. The van der Waals surface area contributed by atoms with Crippen molar-refractivity contribution in [2.75, 3.05) is 6.61 Å². The lowest BCUT2D eigenvalue weighted by Crippen LogP contribution is -2.37.